The van der Waals surface area contributed by atoms with Crippen molar-refractivity contribution in [2.75, 3.05) is 5.73 Å². The van der Waals surface area contributed by atoms with E-state index in [2.05, 4.69) is 10.1 Å². The summed E-state index contributed by atoms with van der Waals surface area (Å²) in [5.74, 6) is 0.553. The van der Waals surface area contributed by atoms with Gasteiger partial charge in [-0.2, -0.15) is 5.10 Å². The van der Waals surface area contributed by atoms with Gasteiger partial charge in [0, 0.05) is 18.3 Å². The van der Waals surface area contributed by atoms with Crippen LogP contribution in [-0.4, -0.2) is 14.8 Å². The van der Waals surface area contributed by atoms with E-state index in [-0.39, 0.29) is 5.69 Å². The number of aryl methyl sites for hydroxylation is 1. The van der Waals surface area contributed by atoms with Crippen LogP contribution in [0.3, 0.4) is 0 Å². The number of benzene rings is 1. The van der Waals surface area contributed by atoms with E-state index in [0.29, 0.717) is 11.5 Å². The molecule has 0 unspecified atom stereocenters. The summed E-state index contributed by atoms with van der Waals surface area (Å²) in [5, 5.41) is 4.02. The molecule has 0 atom stereocenters. The van der Waals surface area contributed by atoms with Crippen molar-refractivity contribution in [3.05, 3.63) is 34.7 Å². The second-order valence-corrected chi connectivity index (χ2v) is 3.02. The van der Waals surface area contributed by atoms with Gasteiger partial charge in [0.05, 0.1) is 0 Å². The maximum Gasteiger partial charge on any atom is 0.343 e. The predicted octanol–water partition coefficient (Wildman–Crippen LogP) is 0.358. The van der Waals surface area contributed by atoms with Crippen LogP contribution in [0.15, 0.2) is 29.1 Å². The molecule has 0 bridgehead atoms. The summed E-state index contributed by atoms with van der Waals surface area (Å²) >= 11 is 0. The van der Waals surface area contributed by atoms with Crippen LogP contribution in [0.4, 0.5) is 5.69 Å². The minimum atomic E-state index is -0.225. The molecule has 0 spiro atoms. The normalized spacial score (nSPS) is 10.4. The zero-order valence-electron chi connectivity index (χ0n) is 7.69. The van der Waals surface area contributed by atoms with Crippen LogP contribution in [0.25, 0.3) is 11.4 Å². The Morgan fingerprint density at radius 1 is 1.36 bits per heavy atom. The summed E-state index contributed by atoms with van der Waals surface area (Å²) < 4.78 is 1.26. The molecule has 3 N–H and O–H groups in total. The Bertz CT molecular complexity index is 494. The van der Waals surface area contributed by atoms with Crippen LogP contribution in [0, 0.1) is 0 Å². The minimum absolute atomic E-state index is 0.225. The summed E-state index contributed by atoms with van der Waals surface area (Å²) in [4.78, 5) is 13.7. The third-order valence-corrected chi connectivity index (χ3v) is 1.95. The molecule has 0 radical (unpaired) electrons. The lowest BCUT2D eigenvalue weighted by atomic mass is 10.2. The SMILES string of the molecule is Cn1nc(-c2ccc(N)cc2)[nH]c1=O. The van der Waals surface area contributed by atoms with Crippen molar-refractivity contribution >= 4 is 5.69 Å². The number of nitrogens with one attached hydrogen (secondary N) is 1. The summed E-state index contributed by atoms with van der Waals surface area (Å²) in [5.41, 5.74) is 6.85. The average molecular weight is 190 g/mol. The lowest BCUT2D eigenvalue weighted by molar-refractivity contribution is 0.736. The number of anilines is 1. The molecular formula is C9H10N4O. The number of hydrogen-bond donors (Lipinski definition) is 2. The van der Waals surface area contributed by atoms with Crippen molar-refractivity contribution in [1.29, 1.82) is 0 Å². The Balaban J connectivity index is 2.49. The van der Waals surface area contributed by atoms with Crippen LogP contribution in [0.2, 0.25) is 0 Å². The fraction of sp³-hybridized carbons (Fsp3) is 0.111. The molecule has 0 aliphatic carbocycles. The number of H-pyrrole nitrogens is 1. The van der Waals surface area contributed by atoms with Crippen LogP contribution in [0.5, 0.6) is 0 Å². The molecule has 0 aliphatic heterocycles. The average Bonchev–Trinajstić information content (AvgIpc) is 2.48. The number of hydrogen-bond acceptors (Lipinski definition) is 3. The Labute approximate surface area is 80.2 Å². The molecule has 2 rings (SSSR count). The molecule has 0 aliphatic rings. The van der Waals surface area contributed by atoms with Gasteiger partial charge in [0.25, 0.3) is 0 Å². The Hall–Kier alpha value is -2.04. The largest absolute Gasteiger partial charge is 0.399 e. The van der Waals surface area contributed by atoms with Crippen molar-refractivity contribution in [3.8, 4) is 11.4 Å². The number of nitrogens with zero attached hydrogens (tertiary/aromatic N) is 2. The fourth-order valence-electron chi connectivity index (χ4n) is 1.17. The number of aromatic amines is 1. The van der Waals surface area contributed by atoms with Gasteiger partial charge in [-0.1, -0.05) is 0 Å². The molecule has 5 nitrogen and oxygen atoms in total. The van der Waals surface area contributed by atoms with Gasteiger partial charge in [-0.3, -0.25) is 4.98 Å². The lowest BCUT2D eigenvalue weighted by Crippen LogP contribution is -2.13. The van der Waals surface area contributed by atoms with Crippen molar-refractivity contribution in [3.63, 3.8) is 0 Å². The minimum Gasteiger partial charge on any atom is -0.399 e. The Morgan fingerprint density at radius 2 is 2.00 bits per heavy atom. The van der Waals surface area contributed by atoms with E-state index >= 15 is 0 Å². The molecule has 14 heavy (non-hydrogen) atoms. The first-order valence-electron chi connectivity index (χ1n) is 4.16. The summed E-state index contributed by atoms with van der Waals surface area (Å²) in [6.07, 6.45) is 0. The summed E-state index contributed by atoms with van der Waals surface area (Å²) in [6, 6.07) is 7.16. The first-order chi connectivity index (χ1) is 6.66. The monoisotopic (exact) mass is 190 g/mol. The van der Waals surface area contributed by atoms with Crippen molar-refractivity contribution < 1.29 is 0 Å². The van der Waals surface area contributed by atoms with Gasteiger partial charge < -0.3 is 5.73 Å². The highest BCUT2D eigenvalue weighted by atomic mass is 16.1. The molecule has 1 aromatic carbocycles. The molecule has 5 heteroatoms. The highest BCUT2D eigenvalue weighted by Crippen LogP contribution is 2.14. The van der Waals surface area contributed by atoms with Gasteiger partial charge in [0.2, 0.25) is 0 Å². The van der Waals surface area contributed by atoms with Crippen molar-refractivity contribution in [2.45, 2.75) is 0 Å². The third-order valence-electron chi connectivity index (χ3n) is 1.95. The molecule has 2 aromatic rings. The van der Waals surface area contributed by atoms with Gasteiger partial charge in [-0.05, 0) is 24.3 Å². The van der Waals surface area contributed by atoms with Crippen LogP contribution in [0.1, 0.15) is 0 Å². The van der Waals surface area contributed by atoms with Crippen molar-refractivity contribution in [2.24, 2.45) is 7.05 Å². The van der Waals surface area contributed by atoms with Crippen LogP contribution < -0.4 is 11.4 Å². The smallest absolute Gasteiger partial charge is 0.343 e. The highest BCUT2D eigenvalue weighted by molar-refractivity contribution is 5.57. The maximum atomic E-state index is 11.1. The van der Waals surface area contributed by atoms with Gasteiger partial charge in [0.1, 0.15) is 0 Å². The quantitative estimate of drug-likeness (QED) is 0.637. The Kier molecular flexibility index (Phi) is 1.85. The van der Waals surface area contributed by atoms with E-state index in [1.54, 1.807) is 19.2 Å². The van der Waals surface area contributed by atoms with E-state index in [4.69, 9.17) is 5.73 Å². The molecule has 0 saturated heterocycles. The molecule has 0 fully saturated rings. The van der Waals surface area contributed by atoms with Crippen LogP contribution >= 0.6 is 0 Å². The summed E-state index contributed by atoms with van der Waals surface area (Å²) in [7, 11) is 1.60. The number of aromatic nitrogens is 3. The standard InChI is InChI=1S/C9H10N4O/c1-13-9(14)11-8(12-13)6-2-4-7(10)5-3-6/h2-5H,10H2,1H3,(H,11,12,14). The van der Waals surface area contributed by atoms with E-state index < -0.39 is 0 Å². The third kappa shape index (κ3) is 1.39. The van der Waals surface area contributed by atoms with Gasteiger partial charge in [0.15, 0.2) is 5.82 Å². The van der Waals surface area contributed by atoms with Crippen LogP contribution in [-0.2, 0) is 7.05 Å². The molecule has 0 amide bonds. The van der Waals surface area contributed by atoms with E-state index in [1.165, 1.54) is 4.68 Å². The number of nitrogen functional groups attached to an aromatic ring is 1. The van der Waals surface area contributed by atoms with Gasteiger partial charge in [-0.25, -0.2) is 9.48 Å². The van der Waals surface area contributed by atoms with Gasteiger partial charge in [-0.15, -0.1) is 0 Å². The first-order valence-corrected chi connectivity index (χ1v) is 4.16. The van der Waals surface area contributed by atoms with E-state index in [1.807, 2.05) is 12.1 Å². The zero-order valence-corrected chi connectivity index (χ0v) is 7.69. The summed E-state index contributed by atoms with van der Waals surface area (Å²) in [6.45, 7) is 0. The highest BCUT2D eigenvalue weighted by Gasteiger charge is 2.03. The second-order valence-electron chi connectivity index (χ2n) is 3.02. The Morgan fingerprint density at radius 3 is 2.50 bits per heavy atom. The first kappa shape index (κ1) is 8.55. The second kappa shape index (κ2) is 3.02. The predicted molar refractivity (Wildman–Crippen MR) is 53.7 cm³/mol. The molecule has 0 saturated carbocycles. The number of rotatable bonds is 1. The fourth-order valence-corrected chi connectivity index (χ4v) is 1.17. The number of nitrogens with two attached hydrogens (primary N) is 1. The van der Waals surface area contributed by atoms with E-state index in [9.17, 15) is 4.79 Å². The van der Waals surface area contributed by atoms with E-state index in [0.717, 1.165) is 5.56 Å². The topological polar surface area (TPSA) is 76.7 Å². The van der Waals surface area contributed by atoms with Crippen molar-refractivity contribution in [1.82, 2.24) is 14.8 Å². The zero-order chi connectivity index (χ0) is 10.1. The lowest BCUT2D eigenvalue weighted by Gasteiger charge is -1.95. The molecule has 1 heterocycles. The van der Waals surface area contributed by atoms with Gasteiger partial charge >= 0.3 is 5.69 Å². The molecule has 72 valence electrons. The molecule has 1 aromatic heterocycles. The molecular weight excluding hydrogens is 180 g/mol. The maximum absolute atomic E-state index is 11.1.